The Hall–Kier alpha value is 0.310. The molecule has 0 aromatic carbocycles. The minimum atomic E-state index is 0. The molecule has 1 heterocycles. The fourth-order valence-corrected chi connectivity index (χ4v) is 2.60. The van der Waals surface area contributed by atoms with Crippen molar-refractivity contribution in [3.05, 3.63) is 0 Å². The lowest BCUT2D eigenvalue weighted by Gasteiger charge is -2.35. The fourth-order valence-electron chi connectivity index (χ4n) is 2.41. The van der Waals surface area contributed by atoms with Crippen molar-refractivity contribution < 1.29 is 0 Å². The molecule has 0 spiro atoms. The van der Waals surface area contributed by atoms with Gasteiger partial charge in [-0.15, -0.1) is 24.0 Å². The predicted octanol–water partition coefficient (Wildman–Crippen LogP) is 3.17. The molecule has 1 aliphatic rings. The Morgan fingerprint density at radius 2 is 1.91 bits per heavy atom. The molecule has 6 heteroatoms. The predicted molar refractivity (Wildman–Crippen MR) is 112 cm³/mol. The van der Waals surface area contributed by atoms with Crippen molar-refractivity contribution in [1.82, 2.24) is 15.5 Å². The summed E-state index contributed by atoms with van der Waals surface area (Å²) in [5.41, 5.74) is 0. The number of nitrogens with one attached hydrogen (secondary N) is 2. The van der Waals surface area contributed by atoms with E-state index in [-0.39, 0.29) is 28.7 Å². The van der Waals surface area contributed by atoms with Gasteiger partial charge in [0.25, 0.3) is 0 Å². The zero-order valence-electron chi connectivity index (χ0n) is 15.1. The highest BCUT2D eigenvalue weighted by Crippen LogP contribution is 2.21. The van der Waals surface area contributed by atoms with E-state index in [0.717, 1.165) is 19.0 Å². The Morgan fingerprint density at radius 3 is 2.36 bits per heavy atom. The summed E-state index contributed by atoms with van der Waals surface area (Å²) in [7, 11) is 0. The monoisotopic (exact) mass is 442 g/mol. The molecule has 0 amide bonds. The van der Waals surface area contributed by atoms with Crippen LogP contribution in [-0.4, -0.2) is 60.1 Å². The summed E-state index contributed by atoms with van der Waals surface area (Å²) in [6.07, 6.45) is 4.56. The quantitative estimate of drug-likeness (QED) is 0.377. The second kappa shape index (κ2) is 11.0. The summed E-state index contributed by atoms with van der Waals surface area (Å²) in [4.78, 5) is 7.32. The van der Waals surface area contributed by atoms with Crippen LogP contribution >= 0.6 is 35.7 Å². The molecule has 1 saturated heterocycles. The summed E-state index contributed by atoms with van der Waals surface area (Å²) < 4.78 is 0.198. The zero-order valence-corrected chi connectivity index (χ0v) is 18.3. The molecule has 0 atom stereocenters. The molecular weight excluding hydrogens is 407 g/mol. The van der Waals surface area contributed by atoms with Crippen molar-refractivity contribution in [2.24, 2.45) is 4.99 Å². The summed E-state index contributed by atoms with van der Waals surface area (Å²) >= 11 is 1.87. The summed E-state index contributed by atoms with van der Waals surface area (Å²) in [5, 5.41) is 6.99. The van der Waals surface area contributed by atoms with Crippen LogP contribution in [0.3, 0.4) is 0 Å². The SMILES string of the molecule is CCNC(=NCC(C)(C)SC)NC1CCN(C(C)C)CC1.I. The molecule has 0 radical (unpaired) electrons. The van der Waals surface area contributed by atoms with Crippen LogP contribution in [0.25, 0.3) is 0 Å². The van der Waals surface area contributed by atoms with Crippen molar-refractivity contribution in [3.63, 3.8) is 0 Å². The van der Waals surface area contributed by atoms with E-state index in [2.05, 4.69) is 56.4 Å². The van der Waals surface area contributed by atoms with Crippen molar-refractivity contribution >= 4 is 41.7 Å². The maximum Gasteiger partial charge on any atom is 0.191 e. The van der Waals surface area contributed by atoms with Crippen LogP contribution in [0.4, 0.5) is 0 Å². The maximum atomic E-state index is 4.76. The molecular formula is C16H35IN4S. The molecule has 0 unspecified atom stereocenters. The second-order valence-electron chi connectivity index (χ2n) is 6.71. The molecule has 22 heavy (non-hydrogen) atoms. The number of nitrogens with zero attached hydrogens (tertiary/aromatic N) is 2. The largest absolute Gasteiger partial charge is 0.357 e. The van der Waals surface area contributed by atoms with E-state index in [1.54, 1.807) is 0 Å². The standard InChI is InChI=1S/C16H34N4S.HI/c1-7-17-15(18-12-16(4,5)21-6)19-14-8-10-20(11-9-14)13(2)3;/h13-14H,7-12H2,1-6H3,(H2,17,18,19);1H. The third kappa shape index (κ3) is 8.24. The first-order valence-corrected chi connectivity index (χ1v) is 9.44. The number of piperidine rings is 1. The minimum absolute atomic E-state index is 0. The van der Waals surface area contributed by atoms with E-state index in [1.807, 2.05) is 11.8 Å². The van der Waals surface area contributed by atoms with Gasteiger partial charge in [-0.1, -0.05) is 0 Å². The highest BCUT2D eigenvalue weighted by molar-refractivity contribution is 14.0. The lowest BCUT2D eigenvalue weighted by Crippen LogP contribution is -2.50. The first kappa shape index (κ1) is 22.3. The zero-order chi connectivity index (χ0) is 15.9. The molecule has 2 N–H and O–H groups in total. The minimum Gasteiger partial charge on any atom is -0.357 e. The van der Waals surface area contributed by atoms with Crippen LogP contribution in [0.1, 0.15) is 47.5 Å². The number of likely N-dealkylation sites (tertiary alicyclic amines) is 1. The van der Waals surface area contributed by atoms with E-state index >= 15 is 0 Å². The Labute approximate surface area is 158 Å². The third-order valence-corrected chi connectivity index (χ3v) is 5.35. The number of aliphatic imine (C=N–C) groups is 1. The average molecular weight is 442 g/mol. The van der Waals surface area contributed by atoms with Crippen molar-refractivity contribution in [1.29, 1.82) is 0 Å². The maximum absolute atomic E-state index is 4.76. The van der Waals surface area contributed by atoms with Crippen LogP contribution in [0.15, 0.2) is 4.99 Å². The molecule has 1 fully saturated rings. The van der Waals surface area contributed by atoms with Gasteiger partial charge in [0, 0.05) is 36.5 Å². The van der Waals surface area contributed by atoms with E-state index in [0.29, 0.717) is 12.1 Å². The topological polar surface area (TPSA) is 39.7 Å². The molecule has 0 aromatic heterocycles. The number of halogens is 1. The van der Waals surface area contributed by atoms with Gasteiger partial charge in [-0.3, -0.25) is 4.99 Å². The van der Waals surface area contributed by atoms with Gasteiger partial charge in [-0.25, -0.2) is 0 Å². The van der Waals surface area contributed by atoms with Crippen LogP contribution in [0, 0.1) is 0 Å². The number of hydrogen-bond donors (Lipinski definition) is 2. The highest BCUT2D eigenvalue weighted by atomic mass is 127. The van der Waals surface area contributed by atoms with E-state index in [4.69, 9.17) is 4.99 Å². The molecule has 0 aliphatic carbocycles. The van der Waals surface area contributed by atoms with Gasteiger partial charge in [0.15, 0.2) is 5.96 Å². The Bertz CT molecular complexity index is 326. The van der Waals surface area contributed by atoms with Gasteiger partial charge >= 0.3 is 0 Å². The average Bonchev–Trinajstić information content (AvgIpc) is 2.46. The van der Waals surface area contributed by atoms with E-state index < -0.39 is 0 Å². The number of hydrogen-bond acceptors (Lipinski definition) is 3. The van der Waals surface area contributed by atoms with E-state index in [9.17, 15) is 0 Å². The normalized spacial score (nSPS) is 18.2. The number of thioether (sulfide) groups is 1. The summed E-state index contributed by atoms with van der Waals surface area (Å²) in [5.74, 6) is 0.975. The Morgan fingerprint density at radius 1 is 1.32 bits per heavy atom. The van der Waals surface area contributed by atoms with Gasteiger partial charge in [0.2, 0.25) is 0 Å². The van der Waals surface area contributed by atoms with Crippen LogP contribution in [-0.2, 0) is 0 Å². The molecule has 0 aromatic rings. The molecule has 1 rings (SSSR count). The van der Waals surface area contributed by atoms with Crippen LogP contribution < -0.4 is 10.6 Å². The van der Waals surface area contributed by atoms with Gasteiger partial charge in [0.1, 0.15) is 0 Å². The van der Waals surface area contributed by atoms with Gasteiger partial charge in [-0.2, -0.15) is 11.8 Å². The first-order chi connectivity index (χ1) is 9.88. The van der Waals surface area contributed by atoms with Gasteiger partial charge in [0.05, 0.1) is 6.54 Å². The number of guanidine groups is 1. The van der Waals surface area contributed by atoms with Crippen LogP contribution in [0.2, 0.25) is 0 Å². The summed E-state index contributed by atoms with van der Waals surface area (Å²) in [6, 6.07) is 1.21. The fraction of sp³-hybridized carbons (Fsp3) is 0.938. The first-order valence-electron chi connectivity index (χ1n) is 8.22. The summed E-state index contributed by atoms with van der Waals surface area (Å²) in [6.45, 7) is 15.3. The highest BCUT2D eigenvalue weighted by Gasteiger charge is 2.22. The molecule has 0 bridgehead atoms. The van der Waals surface area contributed by atoms with Crippen molar-refractivity contribution in [3.8, 4) is 0 Å². The lowest BCUT2D eigenvalue weighted by atomic mass is 10.0. The Balaban J connectivity index is 0.00000441. The molecule has 132 valence electrons. The molecule has 1 aliphatic heterocycles. The van der Waals surface area contributed by atoms with Gasteiger partial charge in [-0.05, 0) is 53.7 Å². The third-order valence-electron chi connectivity index (χ3n) is 4.12. The molecule has 0 saturated carbocycles. The lowest BCUT2D eigenvalue weighted by molar-refractivity contribution is 0.167. The van der Waals surface area contributed by atoms with E-state index in [1.165, 1.54) is 25.9 Å². The Kier molecular flexibility index (Phi) is 11.1. The van der Waals surface area contributed by atoms with Gasteiger partial charge < -0.3 is 15.5 Å². The number of rotatable bonds is 6. The van der Waals surface area contributed by atoms with Crippen molar-refractivity contribution in [2.75, 3.05) is 32.4 Å². The molecule has 4 nitrogen and oxygen atoms in total. The second-order valence-corrected chi connectivity index (χ2v) is 8.22. The van der Waals surface area contributed by atoms with Crippen LogP contribution in [0.5, 0.6) is 0 Å². The van der Waals surface area contributed by atoms with Crippen molar-refractivity contribution in [2.45, 2.75) is 64.3 Å². The smallest absolute Gasteiger partial charge is 0.191 e.